The molecule has 0 saturated carbocycles. The maximum absolute atomic E-state index is 11.9. The Balaban J connectivity index is 2.89. The van der Waals surface area contributed by atoms with Crippen LogP contribution in [0.1, 0.15) is 10.4 Å². The topological polar surface area (TPSA) is 0 Å². The molecule has 0 bridgehead atoms. The predicted octanol–water partition coefficient (Wildman–Crippen LogP) is 2.44. The summed E-state index contributed by atoms with van der Waals surface area (Å²) >= 11 is 1.03. The standard InChI is InChI=1S/C6H4BF3S/c7-2-5-1-4(3-11-5)6(8,9)10/h1,3H,2H2. The molecule has 0 atom stereocenters. The molecule has 11 heavy (non-hydrogen) atoms. The van der Waals surface area contributed by atoms with E-state index in [0.29, 0.717) is 4.88 Å². The van der Waals surface area contributed by atoms with E-state index in [1.54, 1.807) is 0 Å². The van der Waals surface area contributed by atoms with E-state index in [9.17, 15) is 13.2 Å². The van der Waals surface area contributed by atoms with Crippen LogP contribution in [0.4, 0.5) is 13.2 Å². The third-order valence-electron chi connectivity index (χ3n) is 1.18. The van der Waals surface area contributed by atoms with Crippen LogP contribution in [0.2, 0.25) is 0 Å². The van der Waals surface area contributed by atoms with Gasteiger partial charge in [0.25, 0.3) is 0 Å². The minimum Gasteiger partial charge on any atom is -0.166 e. The lowest BCUT2D eigenvalue weighted by atomic mass is 10.0. The minimum absolute atomic E-state index is 0.167. The Morgan fingerprint density at radius 1 is 1.45 bits per heavy atom. The molecule has 0 aliphatic carbocycles. The van der Waals surface area contributed by atoms with E-state index in [-0.39, 0.29) is 6.32 Å². The van der Waals surface area contributed by atoms with E-state index >= 15 is 0 Å². The first-order valence-corrected chi connectivity index (χ1v) is 3.76. The van der Waals surface area contributed by atoms with E-state index in [0.717, 1.165) is 22.8 Å². The first-order chi connectivity index (χ1) is 5.04. The van der Waals surface area contributed by atoms with Crippen molar-refractivity contribution in [1.29, 1.82) is 0 Å². The average Bonchev–Trinajstić information content (AvgIpc) is 2.32. The van der Waals surface area contributed by atoms with Gasteiger partial charge in [0.1, 0.15) is 0 Å². The van der Waals surface area contributed by atoms with Gasteiger partial charge in [-0.1, -0.05) is 6.32 Å². The van der Waals surface area contributed by atoms with Gasteiger partial charge in [0.05, 0.1) is 13.4 Å². The zero-order valence-corrected chi connectivity index (χ0v) is 6.30. The highest BCUT2D eigenvalue weighted by Crippen LogP contribution is 2.32. The van der Waals surface area contributed by atoms with Crippen molar-refractivity contribution in [3.05, 3.63) is 21.9 Å². The number of thiophene rings is 1. The van der Waals surface area contributed by atoms with Gasteiger partial charge in [-0.15, -0.1) is 11.3 Å². The summed E-state index contributed by atoms with van der Waals surface area (Å²) in [6, 6.07) is 1.07. The fourth-order valence-corrected chi connectivity index (χ4v) is 1.41. The molecule has 0 unspecified atom stereocenters. The Bertz CT molecular complexity index is 240. The van der Waals surface area contributed by atoms with Crippen molar-refractivity contribution in [3.63, 3.8) is 0 Å². The van der Waals surface area contributed by atoms with Crippen LogP contribution in [0.5, 0.6) is 0 Å². The summed E-state index contributed by atoms with van der Waals surface area (Å²) in [6.45, 7) is 0. The van der Waals surface area contributed by atoms with Crippen LogP contribution in [-0.2, 0) is 12.5 Å². The molecule has 1 rings (SSSR count). The lowest BCUT2D eigenvalue weighted by Crippen LogP contribution is -2.02. The highest BCUT2D eigenvalue weighted by Gasteiger charge is 2.31. The van der Waals surface area contributed by atoms with Gasteiger partial charge in [0, 0.05) is 5.38 Å². The Labute approximate surface area is 67.5 Å². The van der Waals surface area contributed by atoms with Crippen molar-refractivity contribution in [2.75, 3.05) is 0 Å². The third kappa shape index (κ3) is 1.99. The summed E-state index contributed by atoms with van der Waals surface area (Å²) in [5.41, 5.74) is -0.608. The molecule has 0 N–H and O–H groups in total. The molecule has 0 aromatic carbocycles. The monoisotopic (exact) mass is 176 g/mol. The largest absolute Gasteiger partial charge is 0.417 e. The van der Waals surface area contributed by atoms with Crippen LogP contribution in [0, 0.1) is 0 Å². The Hall–Kier alpha value is -0.445. The summed E-state index contributed by atoms with van der Waals surface area (Å²) < 4.78 is 35.7. The maximum atomic E-state index is 11.9. The fourth-order valence-electron chi connectivity index (χ4n) is 0.636. The van der Waals surface area contributed by atoms with Crippen molar-refractivity contribution in [3.8, 4) is 0 Å². The molecule has 1 aromatic rings. The molecular formula is C6H4BF3S. The molecule has 58 valence electrons. The third-order valence-corrected chi connectivity index (χ3v) is 2.14. The highest BCUT2D eigenvalue weighted by atomic mass is 32.1. The van der Waals surface area contributed by atoms with Crippen LogP contribution in [0.3, 0.4) is 0 Å². The van der Waals surface area contributed by atoms with Crippen molar-refractivity contribution in [1.82, 2.24) is 0 Å². The SMILES string of the molecule is [B]Cc1cc(C(F)(F)F)cs1. The molecule has 0 aliphatic heterocycles. The van der Waals surface area contributed by atoms with E-state index < -0.39 is 11.7 Å². The van der Waals surface area contributed by atoms with Crippen LogP contribution in [0.15, 0.2) is 11.4 Å². The molecule has 0 spiro atoms. The van der Waals surface area contributed by atoms with Crippen molar-refractivity contribution in [2.24, 2.45) is 0 Å². The van der Waals surface area contributed by atoms with E-state index in [2.05, 4.69) is 0 Å². The van der Waals surface area contributed by atoms with Gasteiger partial charge in [-0.2, -0.15) is 13.2 Å². The predicted molar refractivity (Wildman–Crippen MR) is 38.8 cm³/mol. The molecule has 0 amide bonds. The van der Waals surface area contributed by atoms with Gasteiger partial charge < -0.3 is 0 Å². The molecule has 1 heterocycles. The number of alkyl halides is 3. The van der Waals surface area contributed by atoms with Gasteiger partial charge in [-0.3, -0.25) is 0 Å². The molecule has 5 heteroatoms. The lowest BCUT2D eigenvalue weighted by Gasteiger charge is -2.00. The number of hydrogen-bond acceptors (Lipinski definition) is 1. The van der Waals surface area contributed by atoms with E-state index in [1.807, 2.05) is 0 Å². The Morgan fingerprint density at radius 2 is 2.09 bits per heavy atom. The quantitative estimate of drug-likeness (QED) is 0.576. The second-order valence-electron chi connectivity index (χ2n) is 2.00. The average molecular weight is 176 g/mol. The second kappa shape index (κ2) is 2.89. The molecule has 0 aliphatic rings. The number of halogens is 3. The van der Waals surface area contributed by atoms with E-state index in [4.69, 9.17) is 7.85 Å². The van der Waals surface area contributed by atoms with Gasteiger partial charge in [-0.25, -0.2) is 0 Å². The minimum atomic E-state index is -4.23. The van der Waals surface area contributed by atoms with E-state index in [1.165, 1.54) is 0 Å². The molecule has 1 aromatic heterocycles. The van der Waals surface area contributed by atoms with Crippen LogP contribution >= 0.6 is 11.3 Å². The van der Waals surface area contributed by atoms with Crippen LogP contribution in [0.25, 0.3) is 0 Å². The zero-order valence-electron chi connectivity index (χ0n) is 5.48. The van der Waals surface area contributed by atoms with Crippen LogP contribution in [-0.4, -0.2) is 7.85 Å². The smallest absolute Gasteiger partial charge is 0.166 e. The summed E-state index contributed by atoms with van der Waals surface area (Å²) in [5, 5.41) is 1.07. The summed E-state index contributed by atoms with van der Waals surface area (Å²) in [7, 11) is 5.15. The van der Waals surface area contributed by atoms with Gasteiger partial charge in [0.15, 0.2) is 0 Å². The molecule has 0 saturated heterocycles. The van der Waals surface area contributed by atoms with Crippen molar-refractivity contribution in [2.45, 2.75) is 12.5 Å². The Kier molecular flexibility index (Phi) is 2.27. The fraction of sp³-hybridized carbons (Fsp3) is 0.333. The van der Waals surface area contributed by atoms with Crippen molar-refractivity contribution >= 4 is 19.2 Å². The molecular weight excluding hydrogens is 172 g/mol. The van der Waals surface area contributed by atoms with Gasteiger partial charge in [-0.05, 0) is 10.9 Å². The molecule has 2 radical (unpaired) electrons. The Morgan fingerprint density at radius 3 is 2.36 bits per heavy atom. The zero-order chi connectivity index (χ0) is 8.48. The van der Waals surface area contributed by atoms with Crippen molar-refractivity contribution < 1.29 is 13.2 Å². The van der Waals surface area contributed by atoms with Gasteiger partial charge in [0.2, 0.25) is 0 Å². The normalized spacial score (nSPS) is 11.9. The maximum Gasteiger partial charge on any atom is 0.417 e. The first-order valence-electron chi connectivity index (χ1n) is 2.88. The number of hydrogen-bond donors (Lipinski definition) is 0. The second-order valence-corrected chi connectivity index (χ2v) is 3.00. The molecule has 0 nitrogen and oxygen atoms in total. The van der Waals surface area contributed by atoms with Crippen LogP contribution < -0.4 is 0 Å². The lowest BCUT2D eigenvalue weighted by molar-refractivity contribution is -0.137. The summed E-state index contributed by atoms with van der Waals surface area (Å²) in [5.74, 6) is 0. The summed E-state index contributed by atoms with van der Waals surface area (Å²) in [6.07, 6.45) is -4.06. The molecule has 0 fully saturated rings. The summed E-state index contributed by atoms with van der Waals surface area (Å²) in [4.78, 5) is 0.553. The van der Waals surface area contributed by atoms with Gasteiger partial charge >= 0.3 is 6.18 Å². The number of rotatable bonds is 1. The highest BCUT2D eigenvalue weighted by molar-refractivity contribution is 7.10. The first kappa shape index (κ1) is 8.65.